The minimum Gasteiger partial charge on any atom is -0.394 e. The number of amides is 1. The Morgan fingerprint density at radius 1 is 1.38 bits per heavy atom. The molecule has 3 N–H and O–H groups in total. The van der Waals surface area contributed by atoms with Gasteiger partial charge in [0, 0.05) is 31.2 Å². The Balaban J connectivity index is 1.93. The van der Waals surface area contributed by atoms with Crippen molar-refractivity contribution in [2.75, 3.05) is 26.3 Å². The number of benzene rings is 1. The van der Waals surface area contributed by atoms with Crippen LogP contribution in [-0.4, -0.2) is 56.1 Å². The Kier molecular flexibility index (Phi) is 7.63. The van der Waals surface area contributed by atoms with Crippen molar-refractivity contribution in [3.05, 3.63) is 41.6 Å². The summed E-state index contributed by atoms with van der Waals surface area (Å²) in [6.45, 7) is 1.08. The number of carbonyl (C=O) groups excluding carboxylic acids is 1. The van der Waals surface area contributed by atoms with Crippen molar-refractivity contribution in [1.82, 2.24) is 15.1 Å². The van der Waals surface area contributed by atoms with Gasteiger partial charge in [0.1, 0.15) is 0 Å². The van der Waals surface area contributed by atoms with E-state index in [9.17, 15) is 26.4 Å². The van der Waals surface area contributed by atoms with Crippen LogP contribution >= 0.6 is 0 Å². The zero-order chi connectivity index (χ0) is 21.7. The van der Waals surface area contributed by atoms with Gasteiger partial charge in [-0.2, -0.15) is 17.5 Å². The predicted octanol–water partition coefficient (Wildman–Crippen LogP) is 1.00. The number of hydrogen-bond donors (Lipinski definition) is 3. The van der Waals surface area contributed by atoms with Crippen LogP contribution < -0.4 is 10.8 Å². The molecule has 1 aromatic carbocycles. The topological polar surface area (TPSA) is 108 Å². The van der Waals surface area contributed by atoms with Gasteiger partial charge in [0.15, 0.2) is 6.61 Å². The van der Waals surface area contributed by atoms with E-state index in [0.717, 1.165) is 22.5 Å². The first-order chi connectivity index (χ1) is 13.5. The van der Waals surface area contributed by atoms with E-state index in [1.54, 1.807) is 6.92 Å². The molecule has 162 valence electrons. The van der Waals surface area contributed by atoms with Crippen LogP contribution in [0.5, 0.6) is 0 Å². The van der Waals surface area contributed by atoms with E-state index < -0.39 is 38.6 Å². The van der Waals surface area contributed by atoms with E-state index in [2.05, 4.69) is 10.8 Å². The van der Waals surface area contributed by atoms with Crippen LogP contribution in [0.25, 0.3) is 0 Å². The highest BCUT2D eigenvalue weighted by Crippen LogP contribution is 2.31. The number of hydrogen-bond acceptors (Lipinski definition) is 6. The van der Waals surface area contributed by atoms with Crippen LogP contribution in [0.15, 0.2) is 40.9 Å². The first-order valence-corrected chi connectivity index (χ1v) is 10.1. The summed E-state index contributed by atoms with van der Waals surface area (Å²) in [6, 6.07) is 3.19. The number of sulfonamides is 1. The smallest absolute Gasteiger partial charge is 0.394 e. The Labute approximate surface area is 166 Å². The number of nitrogens with zero attached hydrogens (tertiary/aromatic N) is 1. The van der Waals surface area contributed by atoms with Gasteiger partial charge in [-0.15, -0.1) is 0 Å². The predicted molar refractivity (Wildman–Crippen MR) is 96.7 cm³/mol. The second-order valence-corrected chi connectivity index (χ2v) is 8.35. The number of rotatable bonds is 8. The number of aliphatic hydroxyl groups excluding tert-OH is 1. The molecule has 0 aliphatic carbocycles. The molecule has 1 aromatic rings. The average molecular weight is 437 g/mol. The normalized spacial score (nSPS) is 16.8. The zero-order valence-corrected chi connectivity index (χ0v) is 16.4. The van der Waals surface area contributed by atoms with E-state index in [-0.39, 0.29) is 32.7 Å². The van der Waals surface area contributed by atoms with E-state index in [0.29, 0.717) is 11.8 Å². The Morgan fingerprint density at radius 2 is 2.10 bits per heavy atom. The van der Waals surface area contributed by atoms with Gasteiger partial charge < -0.3 is 10.4 Å². The third kappa shape index (κ3) is 6.42. The van der Waals surface area contributed by atoms with Crippen molar-refractivity contribution in [1.29, 1.82) is 0 Å². The van der Waals surface area contributed by atoms with Gasteiger partial charge in [0.25, 0.3) is 0 Å². The van der Waals surface area contributed by atoms with Crippen LogP contribution in [0, 0.1) is 0 Å². The van der Waals surface area contributed by atoms with Crippen LogP contribution in [0.3, 0.4) is 0 Å². The molecule has 1 heterocycles. The molecule has 1 amide bonds. The Bertz CT molecular complexity index is 858. The average Bonchev–Trinajstić information content (AvgIpc) is 2.67. The molecule has 1 atom stereocenters. The molecule has 1 unspecified atom stereocenters. The number of halogens is 3. The van der Waals surface area contributed by atoms with Gasteiger partial charge in [-0.3, -0.25) is 15.1 Å². The molecule has 0 spiro atoms. The Hall–Kier alpha value is -2.15. The van der Waals surface area contributed by atoms with E-state index >= 15 is 0 Å². The third-order valence-electron chi connectivity index (χ3n) is 4.06. The van der Waals surface area contributed by atoms with Crippen molar-refractivity contribution in [3.8, 4) is 0 Å². The van der Waals surface area contributed by atoms with E-state index in [1.165, 1.54) is 6.08 Å². The molecule has 0 radical (unpaired) electrons. The standard InChI is InChI=1S/C17H22F3N3O5S/c1-12(10-24)21-16(25)11-28-22-14-5-7-23(8-6-14)29(26,27)15-4-2-3-13(9-15)17(18,19)20/h2-5,9,12,22,24H,6-8,10-11H2,1H3,(H,21,25). The van der Waals surface area contributed by atoms with Crippen molar-refractivity contribution >= 4 is 15.9 Å². The molecule has 0 fully saturated rings. The summed E-state index contributed by atoms with van der Waals surface area (Å²) in [5.74, 6) is -0.441. The maximum atomic E-state index is 12.8. The molecule has 0 saturated heterocycles. The molecule has 0 saturated carbocycles. The van der Waals surface area contributed by atoms with Gasteiger partial charge in [0.2, 0.25) is 15.9 Å². The van der Waals surface area contributed by atoms with Crippen molar-refractivity contribution in [2.45, 2.75) is 30.5 Å². The SMILES string of the molecule is CC(CO)NC(=O)CONC1=CCN(S(=O)(=O)c2cccc(C(F)(F)F)c2)CC1. The first kappa shape index (κ1) is 23.1. The molecule has 29 heavy (non-hydrogen) atoms. The fourth-order valence-corrected chi connectivity index (χ4v) is 3.93. The number of aliphatic hydroxyl groups is 1. The summed E-state index contributed by atoms with van der Waals surface area (Å²) in [7, 11) is -4.09. The lowest BCUT2D eigenvalue weighted by molar-refractivity contribution is -0.137. The number of hydroxylamine groups is 1. The Morgan fingerprint density at radius 3 is 2.69 bits per heavy atom. The monoisotopic (exact) mass is 437 g/mol. The third-order valence-corrected chi connectivity index (χ3v) is 5.92. The summed E-state index contributed by atoms with van der Waals surface area (Å²) in [5, 5.41) is 11.3. The lowest BCUT2D eigenvalue weighted by Gasteiger charge is -2.26. The van der Waals surface area contributed by atoms with Crippen LogP contribution in [0.1, 0.15) is 18.9 Å². The van der Waals surface area contributed by atoms with Gasteiger partial charge >= 0.3 is 6.18 Å². The largest absolute Gasteiger partial charge is 0.416 e. The molecule has 0 aromatic heterocycles. The quantitative estimate of drug-likeness (QED) is 0.524. The van der Waals surface area contributed by atoms with Crippen LogP contribution in [0.2, 0.25) is 0 Å². The number of alkyl halides is 3. The van der Waals surface area contributed by atoms with Crippen LogP contribution in [-0.2, 0) is 25.8 Å². The molecule has 1 aliphatic heterocycles. The van der Waals surface area contributed by atoms with Crippen molar-refractivity contribution in [3.63, 3.8) is 0 Å². The molecular weight excluding hydrogens is 415 g/mol. The zero-order valence-electron chi connectivity index (χ0n) is 15.6. The second kappa shape index (κ2) is 9.57. The minimum absolute atomic E-state index is 0.0362. The molecule has 1 aliphatic rings. The fraction of sp³-hybridized carbons (Fsp3) is 0.471. The maximum Gasteiger partial charge on any atom is 0.416 e. The lowest BCUT2D eigenvalue weighted by Crippen LogP contribution is -2.39. The lowest BCUT2D eigenvalue weighted by atomic mass is 10.2. The second-order valence-electron chi connectivity index (χ2n) is 6.41. The number of nitrogens with one attached hydrogen (secondary N) is 2. The van der Waals surface area contributed by atoms with Gasteiger partial charge in [-0.05, 0) is 31.2 Å². The summed E-state index contributed by atoms with van der Waals surface area (Å²) in [6.07, 6.45) is -2.89. The van der Waals surface area contributed by atoms with E-state index in [1.807, 2.05) is 0 Å². The highest BCUT2D eigenvalue weighted by Gasteiger charge is 2.33. The summed E-state index contributed by atoms with van der Waals surface area (Å²) in [5.41, 5.74) is 2.07. The summed E-state index contributed by atoms with van der Waals surface area (Å²) in [4.78, 5) is 16.1. The molecule has 0 bridgehead atoms. The summed E-state index contributed by atoms with van der Waals surface area (Å²) >= 11 is 0. The molecule has 12 heteroatoms. The highest BCUT2D eigenvalue weighted by molar-refractivity contribution is 7.89. The van der Waals surface area contributed by atoms with E-state index in [4.69, 9.17) is 9.94 Å². The van der Waals surface area contributed by atoms with Crippen molar-refractivity contribution in [2.24, 2.45) is 0 Å². The maximum absolute atomic E-state index is 12.8. The summed E-state index contributed by atoms with van der Waals surface area (Å²) < 4.78 is 64.8. The minimum atomic E-state index is -4.64. The van der Waals surface area contributed by atoms with Gasteiger partial charge in [-0.25, -0.2) is 8.42 Å². The molecule has 2 rings (SSSR count). The van der Waals surface area contributed by atoms with Crippen molar-refractivity contribution < 1.29 is 36.3 Å². The number of carbonyl (C=O) groups is 1. The van der Waals surface area contributed by atoms with Gasteiger partial charge in [0.05, 0.1) is 17.1 Å². The molecule has 8 nitrogen and oxygen atoms in total. The van der Waals surface area contributed by atoms with Gasteiger partial charge in [-0.1, -0.05) is 6.07 Å². The fourth-order valence-electron chi connectivity index (χ4n) is 2.50. The highest BCUT2D eigenvalue weighted by atomic mass is 32.2. The van der Waals surface area contributed by atoms with Crippen LogP contribution in [0.4, 0.5) is 13.2 Å². The first-order valence-electron chi connectivity index (χ1n) is 8.68. The molecular formula is C17H22F3N3O5S.